The Labute approximate surface area is 219 Å². The molecule has 6 nitrogen and oxygen atoms in total. The van der Waals surface area contributed by atoms with Crippen LogP contribution in [0.5, 0.6) is 0 Å². The summed E-state index contributed by atoms with van der Waals surface area (Å²) >= 11 is 0. The Morgan fingerprint density at radius 3 is 0.889 bits per heavy atom. The van der Waals surface area contributed by atoms with Crippen molar-refractivity contribution in [1.82, 2.24) is 0 Å². The molecule has 0 radical (unpaired) electrons. The van der Waals surface area contributed by atoms with E-state index in [-0.39, 0.29) is 35.5 Å². The smallest absolute Gasteiger partial charge is 0.303 e. The average Bonchev–Trinajstić information content (AvgIpc) is 2.76. The minimum absolute atomic E-state index is 0.108. The maximum atomic E-state index is 11.7. The molecule has 1 aliphatic rings. The minimum atomic E-state index is -0.791. The quantitative estimate of drug-likeness (QED) is 0.172. The van der Waals surface area contributed by atoms with Crippen LogP contribution in [0.1, 0.15) is 138 Å². The summed E-state index contributed by atoms with van der Waals surface area (Å²) in [6.07, 6.45) is 10.4. The summed E-state index contributed by atoms with van der Waals surface area (Å²) in [6, 6.07) is 0. The molecule has 0 aromatic rings. The van der Waals surface area contributed by atoms with E-state index in [9.17, 15) is 29.7 Å². The molecule has 1 saturated carbocycles. The Balaban J connectivity index is 3.65. The highest BCUT2D eigenvalue weighted by atomic mass is 16.4. The molecule has 0 saturated heterocycles. The second kappa shape index (κ2) is 14.4. The molecule has 0 heterocycles. The van der Waals surface area contributed by atoms with Gasteiger partial charge in [0.2, 0.25) is 0 Å². The summed E-state index contributed by atoms with van der Waals surface area (Å²) in [6.45, 7) is 13.2. The van der Waals surface area contributed by atoms with Crippen LogP contribution in [0.15, 0.2) is 0 Å². The Kier molecular flexibility index (Phi) is 13.0. The third-order valence-corrected chi connectivity index (χ3v) is 8.61. The van der Waals surface area contributed by atoms with Crippen LogP contribution >= 0.6 is 0 Å². The highest BCUT2D eigenvalue weighted by molar-refractivity contribution is 5.67. The predicted molar refractivity (Wildman–Crippen MR) is 144 cm³/mol. The van der Waals surface area contributed by atoms with Crippen molar-refractivity contribution >= 4 is 17.9 Å². The van der Waals surface area contributed by atoms with E-state index < -0.39 is 17.9 Å². The molecule has 0 unspecified atom stereocenters. The lowest BCUT2D eigenvalue weighted by Gasteiger charge is -2.58. The lowest BCUT2D eigenvalue weighted by molar-refractivity contribution is -0.141. The van der Waals surface area contributed by atoms with Crippen LogP contribution in [-0.4, -0.2) is 33.2 Å². The molecule has 0 bridgehead atoms. The average molecular weight is 511 g/mol. The second-order valence-corrected chi connectivity index (χ2v) is 13.5. The van der Waals surface area contributed by atoms with Gasteiger partial charge in [0.25, 0.3) is 0 Å². The summed E-state index contributed by atoms with van der Waals surface area (Å²) in [7, 11) is 0. The highest BCUT2D eigenvalue weighted by Gasteiger charge is 2.53. The van der Waals surface area contributed by atoms with E-state index in [1.807, 2.05) is 0 Å². The van der Waals surface area contributed by atoms with E-state index >= 15 is 0 Å². The number of carboxylic acids is 3. The number of hydrogen-bond donors (Lipinski definition) is 3. The zero-order valence-electron chi connectivity index (χ0n) is 23.9. The third-order valence-electron chi connectivity index (χ3n) is 8.61. The van der Waals surface area contributed by atoms with Crippen LogP contribution < -0.4 is 0 Å². The molecule has 1 aliphatic carbocycles. The van der Waals surface area contributed by atoms with Crippen molar-refractivity contribution in [2.45, 2.75) is 138 Å². The van der Waals surface area contributed by atoms with Gasteiger partial charge >= 0.3 is 17.9 Å². The Morgan fingerprint density at radius 1 is 0.500 bits per heavy atom. The fraction of sp³-hybridized carbons (Fsp3) is 0.900. The summed E-state index contributed by atoms with van der Waals surface area (Å²) in [5, 5.41) is 28.9. The Morgan fingerprint density at radius 2 is 0.722 bits per heavy atom. The summed E-state index contributed by atoms with van der Waals surface area (Å²) in [5.74, 6) is -0.909. The van der Waals surface area contributed by atoms with Crippen molar-refractivity contribution in [3.05, 3.63) is 0 Å². The van der Waals surface area contributed by atoms with Gasteiger partial charge in [-0.2, -0.15) is 0 Å². The lowest BCUT2D eigenvalue weighted by atomic mass is 9.47. The van der Waals surface area contributed by atoms with E-state index in [2.05, 4.69) is 41.5 Å². The summed E-state index contributed by atoms with van der Waals surface area (Å²) in [5.41, 5.74) is -0.608. The topological polar surface area (TPSA) is 112 Å². The normalized spacial score (nSPS) is 26.6. The predicted octanol–water partition coefficient (Wildman–Crippen LogP) is 8.03. The molecule has 36 heavy (non-hydrogen) atoms. The molecule has 6 heteroatoms. The first kappa shape index (κ1) is 32.4. The first-order valence-electron chi connectivity index (χ1n) is 14.3. The fourth-order valence-electron chi connectivity index (χ4n) is 6.91. The van der Waals surface area contributed by atoms with E-state index in [1.54, 1.807) is 0 Å². The molecular weight excluding hydrogens is 456 g/mol. The summed E-state index contributed by atoms with van der Waals surface area (Å²) in [4.78, 5) is 35.2. The van der Waals surface area contributed by atoms with Crippen LogP contribution in [-0.2, 0) is 14.4 Å². The van der Waals surface area contributed by atoms with Gasteiger partial charge < -0.3 is 15.3 Å². The first-order valence-corrected chi connectivity index (χ1v) is 14.3. The van der Waals surface area contributed by atoms with Crippen molar-refractivity contribution in [3.8, 4) is 0 Å². The van der Waals surface area contributed by atoms with Crippen molar-refractivity contribution in [3.63, 3.8) is 0 Å². The summed E-state index contributed by atoms with van der Waals surface area (Å²) < 4.78 is 0. The van der Waals surface area contributed by atoms with E-state index in [1.165, 1.54) is 0 Å². The SMILES string of the molecule is CC(C)CCC1(CCC(=O)O)CC(CCC(=O)O)(CCC(C)C)CC(CCC(=O)O)(CCC(C)C)C1. The van der Waals surface area contributed by atoms with Crippen molar-refractivity contribution in [1.29, 1.82) is 0 Å². The van der Waals surface area contributed by atoms with Crippen LogP contribution in [0, 0.1) is 34.0 Å². The van der Waals surface area contributed by atoms with Crippen LogP contribution in [0.4, 0.5) is 0 Å². The van der Waals surface area contributed by atoms with Gasteiger partial charge in [-0.3, -0.25) is 14.4 Å². The van der Waals surface area contributed by atoms with Gasteiger partial charge in [-0.1, -0.05) is 60.8 Å². The maximum Gasteiger partial charge on any atom is 0.303 e. The van der Waals surface area contributed by atoms with Crippen molar-refractivity contribution in [2.24, 2.45) is 34.0 Å². The zero-order valence-corrected chi connectivity index (χ0v) is 23.9. The largest absolute Gasteiger partial charge is 0.481 e. The zero-order chi connectivity index (χ0) is 27.6. The molecule has 0 aliphatic heterocycles. The van der Waals surface area contributed by atoms with Gasteiger partial charge in [0.05, 0.1) is 0 Å². The number of rotatable bonds is 18. The van der Waals surface area contributed by atoms with E-state index in [4.69, 9.17) is 0 Å². The fourth-order valence-corrected chi connectivity index (χ4v) is 6.91. The lowest BCUT2D eigenvalue weighted by Crippen LogP contribution is -2.47. The van der Waals surface area contributed by atoms with Gasteiger partial charge in [-0.25, -0.2) is 0 Å². The standard InChI is InChI=1S/C30H54O6/c1-22(2)7-13-28(16-10-25(31)32)19-29(14-8-23(3)4,17-11-26(33)34)21-30(20-28,15-9-24(5)6)18-12-27(35)36/h22-24H,7-21H2,1-6H3,(H,31,32)(H,33,34)(H,35,36). The Hall–Kier alpha value is -1.59. The molecule has 1 rings (SSSR count). The van der Waals surface area contributed by atoms with Gasteiger partial charge in [-0.05, 0) is 91.8 Å². The molecular formula is C30H54O6. The molecule has 0 aromatic carbocycles. The monoisotopic (exact) mass is 510 g/mol. The Bertz CT molecular complexity index is 607. The molecule has 0 spiro atoms. The van der Waals surface area contributed by atoms with E-state index in [0.717, 1.165) is 57.8 Å². The maximum absolute atomic E-state index is 11.7. The van der Waals surface area contributed by atoms with Crippen molar-refractivity contribution < 1.29 is 29.7 Å². The van der Waals surface area contributed by atoms with Crippen LogP contribution in [0.2, 0.25) is 0 Å². The van der Waals surface area contributed by atoms with Crippen LogP contribution in [0.3, 0.4) is 0 Å². The first-order chi connectivity index (χ1) is 16.6. The highest BCUT2D eigenvalue weighted by Crippen LogP contribution is 2.64. The third kappa shape index (κ3) is 11.6. The molecule has 210 valence electrons. The van der Waals surface area contributed by atoms with Crippen molar-refractivity contribution in [2.75, 3.05) is 0 Å². The molecule has 0 amide bonds. The van der Waals surface area contributed by atoms with Gasteiger partial charge in [-0.15, -0.1) is 0 Å². The minimum Gasteiger partial charge on any atom is -0.481 e. The van der Waals surface area contributed by atoms with Gasteiger partial charge in [0.1, 0.15) is 0 Å². The molecule has 0 aromatic heterocycles. The molecule has 3 N–H and O–H groups in total. The molecule has 0 atom stereocenters. The number of hydrogen-bond acceptors (Lipinski definition) is 3. The van der Waals surface area contributed by atoms with Gasteiger partial charge in [0.15, 0.2) is 0 Å². The van der Waals surface area contributed by atoms with E-state index in [0.29, 0.717) is 37.0 Å². The second-order valence-electron chi connectivity index (χ2n) is 13.5. The number of aliphatic carboxylic acids is 3. The van der Waals surface area contributed by atoms with Gasteiger partial charge in [0, 0.05) is 19.3 Å². The van der Waals surface area contributed by atoms with Crippen LogP contribution in [0.25, 0.3) is 0 Å². The number of carbonyl (C=O) groups is 3. The molecule has 1 fully saturated rings. The number of carboxylic acid groups (broad SMARTS) is 3.